The minimum atomic E-state index is -3.53. The third kappa shape index (κ3) is 5.88. The Bertz CT molecular complexity index is 726. The number of rotatable bonds is 8. The van der Waals surface area contributed by atoms with Crippen LogP contribution in [0.2, 0.25) is 0 Å². The van der Waals surface area contributed by atoms with Gasteiger partial charge in [0.1, 0.15) is 6.54 Å². The molecule has 0 bridgehead atoms. The summed E-state index contributed by atoms with van der Waals surface area (Å²) < 4.78 is 25.6. The van der Waals surface area contributed by atoms with E-state index in [1.54, 1.807) is 12.1 Å². The van der Waals surface area contributed by atoms with Crippen molar-refractivity contribution in [3.8, 4) is 0 Å². The standard InChI is InChI=1S/C19H28N2O3S/c1-3-17-11-7-8-12-18(17)21(25(2,23)24)15-19(22)20-14-13-16-9-5-4-6-10-16/h7-9,11-12H,3-6,10,13-15H2,1-2H3,(H,20,22). The molecule has 1 amide bonds. The van der Waals surface area contributed by atoms with E-state index >= 15 is 0 Å². The lowest BCUT2D eigenvalue weighted by Crippen LogP contribution is -2.41. The second-order valence-electron chi connectivity index (χ2n) is 6.46. The summed E-state index contributed by atoms with van der Waals surface area (Å²) in [4.78, 5) is 12.3. The van der Waals surface area contributed by atoms with Crippen LogP contribution in [0, 0.1) is 0 Å². The van der Waals surface area contributed by atoms with Gasteiger partial charge in [-0.25, -0.2) is 8.42 Å². The van der Waals surface area contributed by atoms with Crippen molar-refractivity contribution >= 4 is 21.6 Å². The zero-order valence-electron chi connectivity index (χ0n) is 15.1. The van der Waals surface area contributed by atoms with Gasteiger partial charge in [0.25, 0.3) is 0 Å². The minimum Gasteiger partial charge on any atom is -0.354 e. The number of carbonyl (C=O) groups excluding carboxylic acids is 1. The molecule has 0 spiro atoms. The molecular weight excluding hydrogens is 336 g/mol. The van der Waals surface area contributed by atoms with Gasteiger partial charge in [0.15, 0.2) is 0 Å². The second kappa shape index (κ2) is 9.04. The van der Waals surface area contributed by atoms with Crippen molar-refractivity contribution in [2.75, 3.05) is 23.7 Å². The van der Waals surface area contributed by atoms with Gasteiger partial charge in [-0.2, -0.15) is 0 Å². The van der Waals surface area contributed by atoms with Gasteiger partial charge in [0.2, 0.25) is 15.9 Å². The zero-order chi connectivity index (χ0) is 18.3. The van der Waals surface area contributed by atoms with E-state index in [9.17, 15) is 13.2 Å². The Hall–Kier alpha value is -1.82. The average Bonchev–Trinajstić information content (AvgIpc) is 2.59. The molecule has 138 valence electrons. The number of aryl methyl sites for hydroxylation is 1. The number of anilines is 1. The van der Waals surface area contributed by atoms with Crippen LogP contribution in [0.4, 0.5) is 5.69 Å². The first-order valence-corrected chi connectivity index (χ1v) is 10.8. The minimum absolute atomic E-state index is 0.186. The molecule has 1 N–H and O–H groups in total. The largest absolute Gasteiger partial charge is 0.354 e. The molecule has 0 aliphatic heterocycles. The predicted octanol–water partition coefficient (Wildman–Crippen LogP) is 3.02. The highest BCUT2D eigenvalue weighted by molar-refractivity contribution is 7.92. The highest BCUT2D eigenvalue weighted by Crippen LogP contribution is 2.23. The van der Waals surface area contributed by atoms with Gasteiger partial charge >= 0.3 is 0 Å². The number of nitrogens with zero attached hydrogens (tertiary/aromatic N) is 1. The molecule has 1 aliphatic carbocycles. The van der Waals surface area contributed by atoms with E-state index in [2.05, 4.69) is 11.4 Å². The Morgan fingerprint density at radius 3 is 2.64 bits per heavy atom. The van der Waals surface area contributed by atoms with Crippen LogP contribution in [0.3, 0.4) is 0 Å². The number of benzene rings is 1. The lowest BCUT2D eigenvalue weighted by atomic mass is 9.97. The summed E-state index contributed by atoms with van der Waals surface area (Å²) in [6.45, 7) is 2.34. The molecule has 0 heterocycles. The number of sulfonamides is 1. The van der Waals surface area contributed by atoms with Gasteiger partial charge in [-0.15, -0.1) is 0 Å². The molecule has 5 nitrogen and oxygen atoms in total. The number of hydrogen-bond acceptors (Lipinski definition) is 3. The van der Waals surface area contributed by atoms with Gasteiger partial charge in [-0.05, 0) is 50.2 Å². The first kappa shape index (κ1) is 19.5. The second-order valence-corrected chi connectivity index (χ2v) is 8.37. The Balaban J connectivity index is 2.00. The first-order valence-electron chi connectivity index (χ1n) is 8.92. The summed E-state index contributed by atoms with van der Waals surface area (Å²) >= 11 is 0. The molecule has 0 fully saturated rings. The van der Waals surface area contributed by atoms with Crippen molar-refractivity contribution in [1.29, 1.82) is 0 Å². The van der Waals surface area contributed by atoms with Crippen molar-refractivity contribution in [2.24, 2.45) is 0 Å². The number of amides is 1. The number of allylic oxidation sites excluding steroid dienone is 1. The van der Waals surface area contributed by atoms with Crippen molar-refractivity contribution in [2.45, 2.75) is 45.4 Å². The van der Waals surface area contributed by atoms with E-state index in [0.29, 0.717) is 18.7 Å². The summed E-state index contributed by atoms with van der Waals surface area (Å²) in [5.74, 6) is -0.271. The Kier molecular flexibility index (Phi) is 7.05. The summed E-state index contributed by atoms with van der Waals surface area (Å²) in [6, 6.07) is 7.31. The Morgan fingerprint density at radius 1 is 1.24 bits per heavy atom. The molecule has 0 saturated heterocycles. The fraction of sp³-hybridized carbons (Fsp3) is 0.526. The molecule has 2 rings (SSSR count). The molecule has 1 aromatic rings. The molecule has 25 heavy (non-hydrogen) atoms. The Morgan fingerprint density at radius 2 is 2.00 bits per heavy atom. The van der Waals surface area contributed by atoms with E-state index in [-0.39, 0.29) is 12.5 Å². The molecule has 0 radical (unpaired) electrons. The molecule has 0 atom stereocenters. The smallest absolute Gasteiger partial charge is 0.240 e. The van der Waals surface area contributed by atoms with Crippen LogP contribution < -0.4 is 9.62 Å². The molecule has 1 aliphatic rings. The topological polar surface area (TPSA) is 66.5 Å². The molecule has 0 aromatic heterocycles. The third-order valence-electron chi connectivity index (χ3n) is 4.48. The number of para-hydroxylation sites is 1. The fourth-order valence-electron chi connectivity index (χ4n) is 3.11. The predicted molar refractivity (Wildman–Crippen MR) is 102 cm³/mol. The van der Waals surface area contributed by atoms with E-state index < -0.39 is 10.0 Å². The number of hydrogen-bond donors (Lipinski definition) is 1. The summed E-state index contributed by atoms with van der Waals surface area (Å²) in [5.41, 5.74) is 2.88. The van der Waals surface area contributed by atoms with Gasteiger partial charge < -0.3 is 5.32 Å². The summed E-state index contributed by atoms with van der Waals surface area (Å²) in [6.07, 6.45) is 9.64. The maximum absolute atomic E-state index is 12.3. The normalized spacial score (nSPS) is 14.7. The Labute approximate surface area is 151 Å². The highest BCUT2D eigenvalue weighted by Gasteiger charge is 2.22. The lowest BCUT2D eigenvalue weighted by molar-refractivity contribution is -0.119. The van der Waals surface area contributed by atoms with E-state index in [4.69, 9.17) is 0 Å². The van der Waals surface area contributed by atoms with Crippen LogP contribution in [0.5, 0.6) is 0 Å². The quantitative estimate of drug-likeness (QED) is 0.721. The third-order valence-corrected chi connectivity index (χ3v) is 5.61. The zero-order valence-corrected chi connectivity index (χ0v) is 15.9. The van der Waals surface area contributed by atoms with Crippen LogP contribution in [-0.4, -0.2) is 33.7 Å². The van der Waals surface area contributed by atoms with E-state index in [1.165, 1.54) is 22.7 Å². The van der Waals surface area contributed by atoms with E-state index in [1.807, 2.05) is 19.1 Å². The summed E-state index contributed by atoms with van der Waals surface area (Å²) in [5, 5.41) is 2.85. The fourth-order valence-corrected chi connectivity index (χ4v) is 4.00. The SMILES string of the molecule is CCc1ccccc1N(CC(=O)NCCC1=CCCCC1)S(C)(=O)=O. The van der Waals surface area contributed by atoms with Crippen LogP contribution in [-0.2, 0) is 21.2 Å². The van der Waals surface area contributed by atoms with Crippen molar-refractivity contribution in [3.63, 3.8) is 0 Å². The van der Waals surface area contributed by atoms with Crippen LogP contribution in [0.15, 0.2) is 35.9 Å². The van der Waals surface area contributed by atoms with Crippen LogP contribution >= 0.6 is 0 Å². The maximum atomic E-state index is 12.3. The molecule has 1 aromatic carbocycles. The molecule has 0 unspecified atom stereocenters. The number of nitrogens with one attached hydrogen (secondary N) is 1. The van der Waals surface area contributed by atoms with Crippen LogP contribution in [0.1, 0.15) is 44.6 Å². The molecule has 0 saturated carbocycles. The highest BCUT2D eigenvalue weighted by atomic mass is 32.2. The van der Waals surface area contributed by atoms with Gasteiger partial charge in [0, 0.05) is 6.54 Å². The van der Waals surface area contributed by atoms with Gasteiger partial charge in [-0.1, -0.05) is 36.8 Å². The van der Waals surface area contributed by atoms with Crippen molar-refractivity contribution in [1.82, 2.24) is 5.32 Å². The monoisotopic (exact) mass is 364 g/mol. The molecular formula is C19H28N2O3S. The van der Waals surface area contributed by atoms with Gasteiger partial charge in [-0.3, -0.25) is 9.10 Å². The maximum Gasteiger partial charge on any atom is 0.240 e. The number of carbonyl (C=O) groups is 1. The van der Waals surface area contributed by atoms with Crippen molar-refractivity contribution in [3.05, 3.63) is 41.5 Å². The average molecular weight is 365 g/mol. The van der Waals surface area contributed by atoms with Crippen LogP contribution in [0.25, 0.3) is 0 Å². The van der Waals surface area contributed by atoms with E-state index in [0.717, 1.165) is 31.1 Å². The van der Waals surface area contributed by atoms with Gasteiger partial charge in [0.05, 0.1) is 11.9 Å². The first-order chi connectivity index (χ1) is 11.9. The lowest BCUT2D eigenvalue weighted by Gasteiger charge is -2.24. The van der Waals surface area contributed by atoms with Crippen molar-refractivity contribution < 1.29 is 13.2 Å². The molecule has 6 heteroatoms. The summed E-state index contributed by atoms with van der Waals surface area (Å²) in [7, 11) is -3.53.